The minimum Gasteiger partial charge on any atom is -0.379 e. The van der Waals surface area contributed by atoms with Gasteiger partial charge < -0.3 is 20.3 Å². The van der Waals surface area contributed by atoms with Crippen LogP contribution in [-0.4, -0.2) is 81.7 Å². The van der Waals surface area contributed by atoms with Gasteiger partial charge in [-0.15, -0.1) is 0 Å². The molecule has 28 heavy (non-hydrogen) atoms. The highest BCUT2D eigenvalue weighted by Crippen LogP contribution is 2.07. The second-order valence-corrected chi connectivity index (χ2v) is 7.18. The van der Waals surface area contributed by atoms with Gasteiger partial charge in [-0.3, -0.25) is 9.69 Å². The number of ether oxygens (including phenoxy) is 1. The Morgan fingerprint density at radius 1 is 1.14 bits per heavy atom. The quantitative estimate of drug-likeness (QED) is 0.381. The van der Waals surface area contributed by atoms with E-state index in [4.69, 9.17) is 4.74 Å². The van der Waals surface area contributed by atoms with Crippen LogP contribution < -0.4 is 10.6 Å². The molecule has 2 rings (SSSR count). The van der Waals surface area contributed by atoms with Crippen molar-refractivity contribution >= 4 is 11.9 Å². The molecule has 2 N–H and O–H groups in total. The maximum absolute atomic E-state index is 11.9. The lowest BCUT2D eigenvalue weighted by Gasteiger charge is -2.26. The minimum absolute atomic E-state index is 0.0159. The van der Waals surface area contributed by atoms with Crippen molar-refractivity contribution in [2.24, 2.45) is 4.99 Å². The highest BCUT2D eigenvalue weighted by molar-refractivity contribution is 5.93. The highest BCUT2D eigenvalue weighted by atomic mass is 16.5. The molecule has 0 bridgehead atoms. The summed E-state index contributed by atoms with van der Waals surface area (Å²) in [5, 5.41) is 6.70. The fourth-order valence-electron chi connectivity index (χ4n) is 3.01. The SMILES string of the molecule is CCNC(=NCc1ccc(C(=O)N(C)C)cc1)NCCCCN1CCOCC1. The number of rotatable bonds is 9. The first-order chi connectivity index (χ1) is 13.6. The van der Waals surface area contributed by atoms with E-state index < -0.39 is 0 Å². The number of unbranched alkanes of at least 4 members (excludes halogenated alkanes) is 1. The number of nitrogens with one attached hydrogen (secondary N) is 2. The standard InChI is InChI=1S/C21H35N5O2/c1-4-22-21(23-11-5-6-12-26-13-15-28-16-14-26)24-17-18-7-9-19(10-8-18)20(27)25(2)3/h7-10H,4-6,11-17H2,1-3H3,(H2,22,23,24). The van der Waals surface area contributed by atoms with Crippen LogP contribution in [0.1, 0.15) is 35.7 Å². The first-order valence-corrected chi connectivity index (χ1v) is 10.2. The van der Waals surface area contributed by atoms with E-state index in [-0.39, 0.29) is 5.91 Å². The van der Waals surface area contributed by atoms with Gasteiger partial charge in [0, 0.05) is 45.8 Å². The Labute approximate surface area is 169 Å². The van der Waals surface area contributed by atoms with Gasteiger partial charge in [-0.2, -0.15) is 0 Å². The zero-order valence-corrected chi connectivity index (χ0v) is 17.5. The number of amides is 1. The summed E-state index contributed by atoms with van der Waals surface area (Å²) < 4.78 is 5.38. The molecule has 1 saturated heterocycles. The van der Waals surface area contributed by atoms with E-state index in [0.29, 0.717) is 12.1 Å². The molecule has 1 fully saturated rings. The zero-order chi connectivity index (χ0) is 20.2. The van der Waals surface area contributed by atoms with Crippen LogP contribution in [0, 0.1) is 0 Å². The first kappa shape index (κ1) is 22.2. The molecule has 7 heteroatoms. The molecule has 0 aromatic heterocycles. The van der Waals surface area contributed by atoms with Gasteiger partial charge in [-0.25, -0.2) is 4.99 Å². The van der Waals surface area contributed by atoms with E-state index in [0.717, 1.165) is 63.9 Å². The Balaban J connectivity index is 1.74. The Morgan fingerprint density at radius 3 is 2.50 bits per heavy atom. The molecule has 7 nitrogen and oxygen atoms in total. The lowest BCUT2D eigenvalue weighted by Crippen LogP contribution is -2.39. The molecule has 0 unspecified atom stereocenters. The summed E-state index contributed by atoms with van der Waals surface area (Å²) in [6, 6.07) is 7.65. The Bertz CT molecular complexity index is 610. The van der Waals surface area contributed by atoms with Gasteiger partial charge in [-0.1, -0.05) is 12.1 Å². The van der Waals surface area contributed by atoms with Crippen molar-refractivity contribution in [3.8, 4) is 0 Å². The molecule has 0 spiro atoms. The summed E-state index contributed by atoms with van der Waals surface area (Å²) >= 11 is 0. The van der Waals surface area contributed by atoms with Crippen molar-refractivity contribution in [2.45, 2.75) is 26.3 Å². The molecule has 1 aliphatic rings. The van der Waals surface area contributed by atoms with Crippen molar-refractivity contribution in [1.29, 1.82) is 0 Å². The second kappa shape index (κ2) is 12.4. The molecular weight excluding hydrogens is 354 g/mol. The molecule has 1 aromatic rings. The first-order valence-electron chi connectivity index (χ1n) is 10.2. The largest absolute Gasteiger partial charge is 0.379 e. The maximum atomic E-state index is 11.9. The number of nitrogens with zero attached hydrogens (tertiary/aromatic N) is 3. The Kier molecular flexibility index (Phi) is 9.79. The predicted octanol–water partition coefficient (Wildman–Crippen LogP) is 1.56. The molecule has 1 heterocycles. The summed E-state index contributed by atoms with van der Waals surface area (Å²) in [6.07, 6.45) is 2.29. The summed E-state index contributed by atoms with van der Waals surface area (Å²) in [4.78, 5) is 20.7. The molecular formula is C21H35N5O2. The third-order valence-electron chi connectivity index (χ3n) is 4.67. The van der Waals surface area contributed by atoms with Crippen molar-refractivity contribution in [3.05, 3.63) is 35.4 Å². The maximum Gasteiger partial charge on any atom is 0.253 e. The smallest absolute Gasteiger partial charge is 0.253 e. The summed E-state index contributed by atoms with van der Waals surface area (Å²) in [6.45, 7) is 9.35. The van der Waals surface area contributed by atoms with Gasteiger partial charge in [0.2, 0.25) is 0 Å². The molecule has 0 radical (unpaired) electrons. The second-order valence-electron chi connectivity index (χ2n) is 7.18. The van der Waals surface area contributed by atoms with E-state index >= 15 is 0 Å². The van der Waals surface area contributed by atoms with Crippen LogP contribution in [0.4, 0.5) is 0 Å². The number of hydrogen-bond donors (Lipinski definition) is 2. The number of guanidine groups is 1. The van der Waals surface area contributed by atoms with E-state index in [9.17, 15) is 4.79 Å². The molecule has 1 aromatic carbocycles. The van der Waals surface area contributed by atoms with Crippen LogP contribution >= 0.6 is 0 Å². The summed E-state index contributed by atoms with van der Waals surface area (Å²) in [5.74, 6) is 0.851. The van der Waals surface area contributed by atoms with Crippen molar-refractivity contribution in [2.75, 3.05) is 60.0 Å². The summed E-state index contributed by atoms with van der Waals surface area (Å²) in [5.41, 5.74) is 1.78. The molecule has 0 aliphatic carbocycles. The van der Waals surface area contributed by atoms with Crippen LogP contribution in [-0.2, 0) is 11.3 Å². The van der Waals surface area contributed by atoms with E-state index in [2.05, 4.69) is 27.4 Å². The average Bonchev–Trinajstić information content (AvgIpc) is 2.72. The molecule has 0 saturated carbocycles. The third-order valence-corrected chi connectivity index (χ3v) is 4.67. The number of carbonyl (C=O) groups excluding carboxylic acids is 1. The van der Waals surface area contributed by atoms with E-state index in [1.807, 2.05) is 24.3 Å². The third kappa shape index (κ3) is 7.86. The van der Waals surface area contributed by atoms with E-state index in [1.54, 1.807) is 19.0 Å². The van der Waals surface area contributed by atoms with Crippen LogP contribution in [0.5, 0.6) is 0 Å². The molecule has 0 atom stereocenters. The van der Waals surface area contributed by atoms with Crippen LogP contribution in [0.2, 0.25) is 0 Å². The van der Waals surface area contributed by atoms with Gasteiger partial charge in [0.1, 0.15) is 0 Å². The minimum atomic E-state index is 0.0159. The lowest BCUT2D eigenvalue weighted by molar-refractivity contribution is 0.0372. The average molecular weight is 390 g/mol. The van der Waals surface area contributed by atoms with Crippen molar-refractivity contribution < 1.29 is 9.53 Å². The van der Waals surface area contributed by atoms with Crippen LogP contribution in [0.3, 0.4) is 0 Å². The highest BCUT2D eigenvalue weighted by Gasteiger charge is 2.09. The molecule has 156 valence electrons. The van der Waals surface area contributed by atoms with Gasteiger partial charge >= 0.3 is 0 Å². The number of benzene rings is 1. The fraction of sp³-hybridized carbons (Fsp3) is 0.619. The van der Waals surface area contributed by atoms with Crippen LogP contribution in [0.15, 0.2) is 29.3 Å². The predicted molar refractivity (Wildman–Crippen MR) is 114 cm³/mol. The van der Waals surface area contributed by atoms with Gasteiger partial charge in [-0.05, 0) is 44.0 Å². The van der Waals surface area contributed by atoms with Crippen molar-refractivity contribution in [3.63, 3.8) is 0 Å². The Morgan fingerprint density at radius 2 is 1.86 bits per heavy atom. The lowest BCUT2D eigenvalue weighted by atomic mass is 10.1. The monoisotopic (exact) mass is 389 g/mol. The fourth-order valence-corrected chi connectivity index (χ4v) is 3.01. The van der Waals surface area contributed by atoms with Crippen molar-refractivity contribution in [1.82, 2.24) is 20.4 Å². The topological polar surface area (TPSA) is 69.2 Å². The van der Waals surface area contributed by atoms with Gasteiger partial charge in [0.15, 0.2) is 5.96 Å². The van der Waals surface area contributed by atoms with E-state index in [1.165, 1.54) is 6.42 Å². The normalized spacial score (nSPS) is 15.3. The summed E-state index contributed by atoms with van der Waals surface area (Å²) in [7, 11) is 3.52. The molecule has 1 amide bonds. The number of carbonyl (C=O) groups is 1. The zero-order valence-electron chi connectivity index (χ0n) is 17.5. The Hall–Kier alpha value is -2.12. The van der Waals surface area contributed by atoms with Gasteiger partial charge in [0.05, 0.1) is 19.8 Å². The molecule has 1 aliphatic heterocycles. The number of hydrogen-bond acceptors (Lipinski definition) is 4. The number of morpholine rings is 1. The number of aliphatic imine (C=N–C) groups is 1. The van der Waals surface area contributed by atoms with Gasteiger partial charge in [0.25, 0.3) is 5.91 Å². The van der Waals surface area contributed by atoms with Crippen LogP contribution in [0.25, 0.3) is 0 Å².